The van der Waals surface area contributed by atoms with Gasteiger partial charge in [-0.2, -0.15) is 0 Å². The van der Waals surface area contributed by atoms with E-state index in [2.05, 4.69) is 17.2 Å². The molecule has 0 radical (unpaired) electrons. The van der Waals surface area contributed by atoms with Crippen molar-refractivity contribution in [3.8, 4) is 0 Å². The largest absolute Gasteiger partial charge is 0.461 e. The molecule has 16 heavy (non-hydrogen) atoms. The lowest BCUT2D eigenvalue weighted by Gasteiger charge is -2.03. The molecule has 0 fully saturated rings. The first-order chi connectivity index (χ1) is 7.61. The number of aromatic amines is 1. The summed E-state index contributed by atoms with van der Waals surface area (Å²) in [4.78, 5) is 14.7. The van der Waals surface area contributed by atoms with Crippen LogP contribution in [0.25, 0.3) is 0 Å². The van der Waals surface area contributed by atoms with Crippen LogP contribution in [0, 0.1) is 13.8 Å². The Labute approximate surface area is 96.4 Å². The van der Waals surface area contributed by atoms with Crippen molar-refractivity contribution in [2.75, 3.05) is 13.2 Å². The summed E-state index contributed by atoms with van der Waals surface area (Å²) in [5.74, 6) is -0.272. The van der Waals surface area contributed by atoms with Crippen LogP contribution < -0.4 is 5.32 Å². The van der Waals surface area contributed by atoms with E-state index in [9.17, 15) is 4.79 Å². The molecule has 0 amide bonds. The minimum atomic E-state index is -0.272. The van der Waals surface area contributed by atoms with Crippen LogP contribution in [0.5, 0.6) is 0 Å². The van der Waals surface area contributed by atoms with E-state index >= 15 is 0 Å². The lowest BCUT2D eigenvalue weighted by molar-refractivity contribution is 0.0519. The topological polar surface area (TPSA) is 54.1 Å². The first-order valence-corrected chi connectivity index (χ1v) is 5.67. The van der Waals surface area contributed by atoms with Crippen LogP contribution >= 0.6 is 0 Å². The van der Waals surface area contributed by atoms with Crippen LogP contribution in [0.1, 0.15) is 41.2 Å². The van der Waals surface area contributed by atoms with E-state index in [-0.39, 0.29) is 5.97 Å². The molecule has 4 heteroatoms. The smallest absolute Gasteiger partial charge is 0.355 e. The Bertz CT molecular complexity index is 369. The highest BCUT2D eigenvalue weighted by molar-refractivity contribution is 5.89. The average molecular weight is 224 g/mol. The van der Waals surface area contributed by atoms with Gasteiger partial charge >= 0.3 is 5.97 Å². The second-order valence-electron chi connectivity index (χ2n) is 3.73. The van der Waals surface area contributed by atoms with E-state index in [1.54, 1.807) is 0 Å². The second kappa shape index (κ2) is 5.70. The molecule has 0 aromatic carbocycles. The van der Waals surface area contributed by atoms with Gasteiger partial charge in [0.05, 0.1) is 6.61 Å². The van der Waals surface area contributed by atoms with Gasteiger partial charge in [0.15, 0.2) is 0 Å². The van der Waals surface area contributed by atoms with E-state index in [4.69, 9.17) is 4.74 Å². The van der Waals surface area contributed by atoms with Crippen molar-refractivity contribution in [2.45, 2.75) is 34.2 Å². The summed E-state index contributed by atoms with van der Waals surface area (Å²) < 4.78 is 4.99. The molecule has 1 aromatic rings. The number of hydrogen-bond donors (Lipinski definition) is 2. The molecule has 0 atom stereocenters. The quantitative estimate of drug-likeness (QED) is 0.751. The highest BCUT2D eigenvalue weighted by Gasteiger charge is 2.17. The molecule has 0 aliphatic heterocycles. The van der Waals surface area contributed by atoms with Crippen molar-refractivity contribution in [2.24, 2.45) is 0 Å². The van der Waals surface area contributed by atoms with Crippen molar-refractivity contribution in [3.05, 3.63) is 22.5 Å². The molecule has 1 aromatic heterocycles. The SMILES string of the molecule is CCNCc1c(C)[nH]c(C(=O)OCC)c1C. The molecule has 1 heterocycles. The van der Waals surface area contributed by atoms with E-state index in [0.717, 1.165) is 29.9 Å². The molecule has 0 saturated carbocycles. The van der Waals surface area contributed by atoms with Crippen LogP contribution in [-0.4, -0.2) is 24.1 Å². The predicted molar refractivity (Wildman–Crippen MR) is 63.6 cm³/mol. The van der Waals surface area contributed by atoms with E-state index in [0.29, 0.717) is 12.3 Å². The summed E-state index contributed by atoms with van der Waals surface area (Å²) in [5, 5.41) is 3.26. The second-order valence-corrected chi connectivity index (χ2v) is 3.73. The van der Waals surface area contributed by atoms with Crippen molar-refractivity contribution in [3.63, 3.8) is 0 Å². The number of nitrogens with one attached hydrogen (secondary N) is 2. The minimum Gasteiger partial charge on any atom is -0.461 e. The fourth-order valence-electron chi connectivity index (χ4n) is 1.71. The Morgan fingerprint density at radius 1 is 1.38 bits per heavy atom. The Kier molecular flexibility index (Phi) is 4.55. The Morgan fingerprint density at radius 3 is 2.62 bits per heavy atom. The average Bonchev–Trinajstić information content (AvgIpc) is 2.53. The Hall–Kier alpha value is -1.29. The molecule has 90 valence electrons. The van der Waals surface area contributed by atoms with Gasteiger partial charge in [0.2, 0.25) is 0 Å². The number of aromatic nitrogens is 1. The molecule has 0 aliphatic carbocycles. The first-order valence-electron chi connectivity index (χ1n) is 5.67. The molecule has 0 spiro atoms. The zero-order valence-corrected chi connectivity index (χ0v) is 10.4. The van der Waals surface area contributed by atoms with E-state index in [1.165, 1.54) is 0 Å². The Morgan fingerprint density at radius 2 is 2.06 bits per heavy atom. The molecule has 0 bridgehead atoms. The summed E-state index contributed by atoms with van der Waals surface area (Å²) >= 11 is 0. The molecule has 1 rings (SSSR count). The molecule has 2 N–H and O–H groups in total. The number of carbonyl (C=O) groups is 1. The molecule has 0 unspecified atom stereocenters. The standard InChI is InChI=1S/C12H20N2O2/c1-5-13-7-10-8(3)11(14-9(10)4)12(15)16-6-2/h13-14H,5-7H2,1-4H3. The van der Waals surface area contributed by atoms with Crippen LogP contribution in [-0.2, 0) is 11.3 Å². The number of rotatable bonds is 5. The minimum absolute atomic E-state index is 0.272. The van der Waals surface area contributed by atoms with Crippen molar-refractivity contribution in [1.29, 1.82) is 0 Å². The van der Waals surface area contributed by atoms with Gasteiger partial charge in [-0.3, -0.25) is 0 Å². The van der Waals surface area contributed by atoms with Gasteiger partial charge in [-0.15, -0.1) is 0 Å². The fraction of sp³-hybridized carbons (Fsp3) is 0.583. The van der Waals surface area contributed by atoms with Crippen LogP contribution in [0.15, 0.2) is 0 Å². The van der Waals surface area contributed by atoms with Crippen LogP contribution in [0.3, 0.4) is 0 Å². The van der Waals surface area contributed by atoms with Gasteiger partial charge in [-0.25, -0.2) is 4.79 Å². The summed E-state index contributed by atoms with van der Waals surface area (Å²) in [6, 6.07) is 0. The highest BCUT2D eigenvalue weighted by atomic mass is 16.5. The lowest BCUT2D eigenvalue weighted by Crippen LogP contribution is -2.13. The van der Waals surface area contributed by atoms with E-state index in [1.807, 2.05) is 20.8 Å². The summed E-state index contributed by atoms with van der Waals surface area (Å²) in [6.07, 6.45) is 0. The maximum Gasteiger partial charge on any atom is 0.355 e. The maximum absolute atomic E-state index is 11.6. The van der Waals surface area contributed by atoms with Gasteiger partial charge in [0, 0.05) is 12.2 Å². The molecule has 4 nitrogen and oxygen atoms in total. The highest BCUT2D eigenvalue weighted by Crippen LogP contribution is 2.18. The molecule has 0 aliphatic rings. The van der Waals surface area contributed by atoms with Crippen molar-refractivity contribution in [1.82, 2.24) is 10.3 Å². The molecular weight excluding hydrogens is 204 g/mol. The number of aryl methyl sites for hydroxylation is 1. The first kappa shape index (κ1) is 12.8. The normalized spacial score (nSPS) is 10.5. The number of ether oxygens (including phenoxy) is 1. The Balaban J connectivity index is 2.92. The van der Waals surface area contributed by atoms with Crippen LogP contribution in [0.4, 0.5) is 0 Å². The summed E-state index contributed by atoms with van der Waals surface area (Å²) in [7, 11) is 0. The number of esters is 1. The molecular formula is C12H20N2O2. The third kappa shape index (κ3) is 2.64. The number of carbonyl (C=O) groups excluding carboxylic acids is 1. The summed E-state index contributed by atoms with van der Waals surface area (Å²) in [6.45, 7) is 9.89. The van der Waals surface area contributed by atoms with Gasteiger partial charge in [0.1, 0.15) is 5.69 Å². The fourth-order valence-corrected chi connectivity index (χ4v) is 1.71. The summed E-state index contributed by atoms with van der Waals surface area (Å²) in [5.41, 5.74) is 3.75. The van der Waals surface area contributed by atoms with Crippen molar-refractivity contribution < 1.29 is 9.53 Å². The van der Waals surface area contributed by atoms with Gasteiger partial charge < -0.3 is 15.0 Å². The molecule has 0 saturated heterocycles. The monoisotopic (exact) mass is 224 g/mol. The van der Waals surface area contributed by atoms with Crippen LogP contribution in [0.2, 0.25) is 0 Å². The lowest BCUT2D eigenvalue weighted by atomic mass is 10.1. The zero-order valence-electron chi connectivity index (χ0n) is 10.4. The van der Waals surface area contributed by atoms with Gasteiger partial charge in [-0.05, 0) is 38.4 Å². The maximum atomic E-state index is 11.6. The number of hydrogen-bond acceptors (Lipinski definition) is 3. The van der Waals surface area contributed by atoms with Crippen molar-refractivity contribution >= 4 is 5.97 Å². The third-order valence-corrected chi connectivity index (χ3v) is 2.62. The zero-order chi connectivity index (χ0) is 12.1. The van der Waals surface area contributed by atoms with Gasteiger partial charge in [-0.1, -0.05) is 6.92 Å². The third-order valence-electron chi connectivity index (χ3n) is 2.62. The number of H-pyrrole nitrogens is 1. The predicted octanol–water partition coefficient (Wildman–Crippen LogP) is 1.92. The van der Waals surface area contributed by atoms with E-state index < -0.39 is 0 Å². The van der Waals surface area contributed by atoms with Gasteiger partial charge in [0.25, 0.3) is 0 Å².